The minimum absolute atomic E-state index is 0.0157. The van der Waals surface area contributed by atoms with Crippen molar-refractivity contribution in [2.75, 3.05) is 44.7 Å². The summed E-state index contributed by atoms with van der Waals surface area (Å²) in [5.41, 5.74) is 34.1. The van der Waals surface area contributed by atoms with E-state index in [4.69, 9.17) is 34.4 Å². The molecule has 44 heteroatoms. The maximum absolute atomic E-state index is 15.0. The molecule has 0 bridgehead atoms. The Bertz CT molecular complexity index is 3690. The number of unbranched alkanes of at least 4 members (excludes halogenated alkanes) is 1. The number of nitrogens with two attached hydrogens (primary N) is 6. The minimum atomic E-state index is -1.80. The molecule has 2 saturated heterocycles. The number of aliphatic carboxylic acids is 2. The number of rotatable bonds is 52. The maximum Gasteiger partial charge on any atom is 0.326 e. The molecule has 28 N–H and O–H groups in total. The van der Waals surface area contributed by atoms with E-state index in [9.17, 15) is 77.6 Å². The first kappa shape index (κ1) is 98.6. The van der Waals surface area contributed by atoms with E-state index in [0.717, 1.165) is 0 Å². The number of aliphatic hydroxyl groups excluding tert-OH is 1. The molecule has 2 aliphatic rings. The van der Waals surface area contributed by atoms with E-state index in [2.05, 4.69) is 88.4 Å². The monoisotopic (exact) mass is 1670 g/mol. The lowest BCUT2D eigenvalue weighted by Gasteiger charge is -2.32. The van der Waals surface area contributed by atoms with Crippen molar-refractivity contribution in [3.8, 4) is 0 Å². The first-order chi connectivity index (χ1) is 55.3. The third-order valence-corrected chi connectivity index (χ3v) is 19.9. The van der Waals surface area contributed by atoms with Gasteiger partial charge in [0, 0.05) is 62.8 Å². The smallest absolute Gasteiger partial charge is 0.326 e. The summed E-state index contributed by atoms with van der Waals surface area (Å²) in [6.45, 7) is 13.2. The van der Waals surface area contributed by atoms with Crippen molar-refractivity contribution in [3.05, 3.63) is 36.4 Å². The van der Waals surface area contributed by atoms with Gasteiger partial charge in [0.05, 0.1) is 31.2 Å². The normalized spacial score (nSPS) is 17.3. The molecule has 654 valence electrons. The quantitative estimate of drug-likeness (QED) is 0.0167. The number of carbonyl (C=O) groups excluding carboxylic acids is 13. The number of carbonyl (C=O) groups is 15. The van der Waals surface area contributed by atoms with Gasteiger partial charge < -0.3 is 128 Å². The summed E-state index contributed by atoms with van der Waals surface area (Å²) in [5.74, 6) is -14.9. The Hall–Kier alpha value is -10.8. The lowest BCUT2D eigenvalue weighted by molar-refractivity contribution is -0.144. The average molecular weight is 1670 g/mol. The Morgan fingerprint density at radius 1 is 0.504 bits per heavy atom. The van der Waals surface area contributed by atoms with E-state index in [0.29, 0.717) is 42.9 Å². The molecule has 0 saturated carbocycles. The highest BCUT2D eigenvalue weighted by molar-refractivity contribution is 7.98. The fourth-order valence-corrected chi connectivity index (χ4v) is 13.6. The number of carboxylic acids is 2. The number of likely N-dealkylation sites (tertiary alicyclic amines) is 2. The number of nitrogens with zero attached hydrogens (tertiary/aromatic N) is 6. The molecule has 2 aliphatic heterocycles. The van der Waals surface area contributed by atoms with Gasteiger partial charge in [-0.3, -0.25) is 77.1 Å². The van der Waals surface area contributed by atoms with Crippen LogP contribution >= 0.6 is 11.8 Å². The third kappa shape index (κ3) is 33.8. The number of guanidine groups is 2. The van der Waals surface area contributed by atoms with Gasteiger partial charge in [0.2, 0.25) is 76.8 Å². The fourth-order valence-electron chi connectivity index (χ4n) is 13.1. The summed E-state index contributed by atoms with van der Waals surface area (Å²) in [6, 6.07) is -19.4. The number of aliphatic hydroxyl groups is 1. The molecule has 0 unspecified atom stereocenters. The molecule has 2 aromatic rings. The number of nitrogens with one attached hydrogen (secondary N) is 13. The van der Waals surface area contributed by atoms with Crippen LogP contribution < -0.4 is 92.9 Å². The van der Waals surface area contributed by atoms with Gasteiger partial charge in [-0.05, 0) is 140 Å². The number of hydrogen-bond donors (Lipinski definition) is 22. The van der Waals surface area contributed by atoms with E-state index < -0.39 is 192 Å². The fraction of sp³-hybridized carbons (Fsp3) is 0.685. The van der Waals surface area contributed by atoms with Crippen molar-refractivity contribution in [1.29, 1.82) is 0 Å². The SMILES string of the molecule is CSCC[C@H](NC(=O)[C@H](CC(C)C)NC(=O)[C@H](C)NC(=O)[C@H](CCCN=C(N)N)NC(=O)[C@@H]1CCCN1C(=O)[C@H](CC(C)C)NC(=O)[C@H](Cc1cnc[nH]1)NC(=O)[C@@H]1CCCN1C(=O)[C@H](Cc1cnc[nH]1)NC(=O)[C@@H](NC(=O)[C@@H](NC(=O)[C@H](CCCN=C(N)N)NC(=O)[C@@H](N)CC(=O)O)C(C)C)[C@@H](C)O)C(=O)N[C@@H](CCCCN)C(=O)O. The molecule has 2 fully saturated rings. The van der Waals surface area contributed by atoms with Crippen LogP contribution in [-0.4, -0.2) is 281 Å². The number of aliphatic imine (C=N–C) groups is 2. The standard InChI is InChI=1S/C73H123N25O18S/c1-37(2)28-49(63(107)88-47(21-27-117-9)61(105)90-48(71(115)116)16-10-11-22-74)91-58(102)40(7)86-60(104)45(17-12-23-82-72(76)77)89-65(109)53-19-14-25-97(53)69(113)51(29-38(3)4)93-64(108)50(30-42-33-80-35-84-42)92-66(110)54-20-15-26-98(54)70(114)52(31-43-34-81-36-85-43)94-68(112)57(41(8)99)96-67(111)56(39(5)6)95-62(106)46(18-13-24-83-73(78)79)87-59(103)44(75)32-55(100)101/h33-41,44-54,56-57,99H,10-32,74-75H2,1-9H3,(H,80,84)(H,81,85)(H,86,104)(H,87,103)(H,88,107)(H,89,109)(H,90,105)(H,91,102)(H,92,110)(H,93,108)(H,94,112)(H,95,106)(H,96,111)(H,100,101)(H,115,116)(H4,76,77,82)(H4,78,79,83)/t40-,41+,44-,45-,46-,47-,48-,49-,50-,51-,52-,53-,54-,56-,57-/m0/s1. The molecule has 13 amide bonds. The van der Waals surface area contributed by atoms with Gasteiger partial charge >= 0.3 is 11.9 Å². The average Bonchev–Trinajstić information content (AvgIpc) is 1.72. The number of aromatic amines is 2. The Balaban J connectivity index is 1.56. The highest BCUT2D eigenvalue weighted by Gasteiger charge is 2.44. The lowest BCUT2D eigenvalue weighted by Crippen LogP contribution is -2.62. The van der Waals surface area contributed by atoms with Gasteiger partial charge in [0.1, 0.15) is 78.5 Å². The van der Waals surface area contributed by atoms with Gasteiger partial charge in [0.25, 0.3) is 0 Å². The molecule has 15 atom stereocenters. The van der Waals surface area contributed by atoms with Gasteiger partial charge in [-0.25, -0.2) is 14.8 Å². The molecule has 4 rings (SSSR count). The van der Waals surface area contributed by atoms with Crippen LogP contribution in [0.5, 0.6) is 0 Å². The molecular formula is C73H123N25O18S. The molecule has 0 aliphatic carbocycles. The zero-order chi connectivity index (χ0) is 87.3. The van der Waals surface area contributed by atoms with Crippen LogP contribution in [0.15, 0.2) is 35.0 Å². The van der Waals surface area contributed by atoms with Crippen molar-refractivity contribution < 1.29 is 87.2 Å². The summed E-state index contributed by atoms with van der Waals surface area (Å²) in [4.78, 5) is 234. The van der Waals surface area contributed by atoms with Crippen LogP contribution in [0.2, 0.25) is 0 Å². The molecule has 4 heterocycles. The number of imidazole rings is 2. The molecule has 0 aromatic carbocycles. The van der Waals surface area contributed by atoms with Crippen LogP contribution in [0.25, 0.3) is 0 Å². The van der Waals surface area contributed by atoms with Crippen LogP contribution in [0.4, 0.5) is 0 Å². The van der Waals surface area contributed by atoms with Crippen molar-refractivity contribution in [1.82, 2.24) is 88.2 Å². The summed E-state index contributed by atoms with van der Waals surface area (Å²) in [7, 11) is 0. The van der Waals surface area contributed by atoms with Gasteiger partial charge in [-0.2, -0.15) is 11.8 Å². The predicted octanol–water partition coefficient (Wildman–Crippen LogP) is -5.74. The number of carboxylic acid groups (broad SMARTS) is 2. The minimum Gasteiger partial charge on any atom is -0.481 e. The van der Waals surface area contributed by atoms with Crippen LogP contribution in [0.1, 0.15) is 163 Å². The topological polar surface area (TPSA) is 694 Å². The van der Waals surface area contributed by atoms with Gasteiger partial charge in [-0.15, -0.1) is 0 Å². The number of thioether (sulfide) groups is 1. The van der Waals surface area contributed by atoms with E-state index in [1.165, 1.54) is 60.5 Å². The summed E-state index contributed by atoms with van der Waals surface area (Å²) < 4.78 is 0. The second-order valence-electron chi connectivity index (χ2n) is 30.4. The first-order valence-corrected chi connectivity index (χ1v) is 40.7. The van der Waals surface area contributed by atoms with Crippen molar-refractivity contribution in [2.24, 2.45) is 62.1 Å². The zero-order valence-electron chi connectivity index (χ0n) is 68.0. The molecule has 43 nitrogen and oxygen atoms in total. The highest BCUT2D eigenvalue weighted by Crippen LogP contribution is 2.24. The summed E-state index contributed by atoms with van der Waals surface area (Å²) >= 11 is 1.39. The van der Waals surface area contributed by atoms with Gasteiger partial charge in [0.15, 0.2) is 11.9 Å². The zero-order valence-corrected chi connectivity index (χ0v) is 68.8. The van der Waals surface area contributed by atoms with Crippen LogP contribution in [-0.2, 0) is 84.8 Å². The highest BCUT2D eigenvalue weighted by atomic mass is 32.2. The number of aromatic nitrogens is 4. The molecule has 0 spiro atoms. The molecule has 117 heavy (non-hydrogen) atoms. The van der Waals surface area contributed by atoms with E-state index >= 15 is 9.59 Å². The van der Waals surface area contributed by atoms with E-state index in [1.807, 2.05) is 0 Å². The predicted molar refractivity (Wildman–Crippen MR) is 430 cm³/mol. The Morgan fingerprint density at radius 2 is 0.923 bits per heavy atom. The third-order valence-electron chi connectivity index (χ3n) is 19.3. The van der Waals surface area contributed by atoms with Crippen LogP contribution in [0.3, 0.4) is 0 Å². The van der Waals surface area contributed by atoms with E-state index in [1.54, 1.807) is 47.8 Å². The number of hydrogen-bond acceptors (Lipinski definition) is 23. The number of H-pyrrole nitrogens is 2. The van der Waals surface area contributed by atoms with Gasteiger partial charge in [-0.1, -0.05) is 41.5 Å². The second kappa shape index (κ2) is 50.0. The molecule has 2 aromatic heterocycles. The molecule has 0 radical (unpaired) electrons. The summed E-state index contributed by atoms with van der Waals surface area (Å²) in [6.07, 6.45) is 6.39. The van der Waals surface area contributed by atoms with E-state index in [-0.39, 0.29) is 133 Å². The Labute approximate surface area is 683 Å². The number of amides is 13. The first-order valence-electron chi connectivity index (χ1n) is 39.3. The Kier molecular flexibility index (Phi) is 42.1. The second-order valence-corrected chi connectivity index (χ2v) is 31.4. The van der Waals surface area contributed by atoms with Crippen LogP contribution in [0, 0.1) is 17.8 Å². The molecular weight excluding hydrogens is 1550 g/mol. The van der Waals surface area contributed by atoms with Crippen molar-refractivity contribution in [3.63, 3.8) is 0 Å². The van der Waals surface area contributed by atoms with Crippen molar-refractivity contribution in [2.45, 2.75) is 255 Å². The lowest BCUT2D eigenvalue weighted by atomic mass is 10.0. The largest absolute Gasteiger partial charge is 0.481 e. The summed E-state index contributed by atoms with van der Waals surface area (Å²) in [5, 5.41) is 59.0. The maximum atomic E-state index is 15.0. The Morgan fingerprint density at radius 3 is 1.41 bits per heavy atom. The van der Waals surface area contributed by atoms with Crippen molar-refractivity contribution >= 4 is 112 Å².